The Morgan fingerprint density at radius 2 is 1.72 bits per heavy atom. The number of aliphatic hydroxyl groups is 1. The Kier molecular flexibility index (Phi) is 3.79. The first-order chi connectivity index (χ1) is 8.49. The molecule has 0 aliphatic heterocycles. The first-order valence-electron chi connectivity index (χ1n) is 5.98. The lowest BCUT2D eigenvalue weighted by molar-refractivity contribution is 0.176. The molecule has 18 heavy (non-hydrogen) atoms. The van der Waals surface area contributed by atoms with Crippen molar-refractivity contribution in [1.82, 2.24) is 0 Å². The topological polar surface area (TPSA) is 33.4 Å². The van der Waals surface area contributed by atoms with Crippen molar-refractivity contribution >= 4 is 11.6 Å². The molecule has 2 rings (SSSR count). The van der Waals surface area contributed by atoms with E-state index in [1.54, 1.807) is 0 Å². The highest BCUT2D eigenvalue weighted by molar-refractivity contribution is 6.30. The second-order valence-corrected chi connectivity index (χ2v) is 5.04. The van der Waals surface area contributed by atoms with Gasteiger partial charge in [0.2, 0.25) is 0 Å². The Balaban J connectivity index is 2.21. The molecular weight excluding hydrogens is 248 g/mol. The quantitative estimate of drug-likeness (QED) is 0.904. The molecule has 1 heterocycles. The lowest BCUT2D eigenvalue weighted by Gasteiger charge is -2.11. The zero-order chi connectivity index (χ0) is 13.3. The maximum Gasteiger partial charge on any atom is 0.107 e. The van der Waals surface area contributed by atoms with E-state index >= 15 is 0 Å². The average molecular weight is 265 g/mol. The number of halogens is 1. The monoisotopic (exact) mass is 264 g/mol. The van der Waals surface area contributed by atoms with Crippen molar-refractivity contribution in [1.29, 1.82) is 0 Å². The van der Waals surface area contributed by atoms with Crippen molar-refractivity contribution < 1.29 is 9.52 Å². The van der Waals surface area contributed by atoms with Crippen LogP contribution in [0.3, 0.4) is 0 Å². The Hall–Kier alpha value is -1.25. The van der Waals surface area contributed by atoms with Gasteiger partial charge in [0.05, 0.1) is 6.10 Å². The molecule has 1 atom stereocenters. The van der Waals surface area contributed by atoms with Gasteiger partial charge in [-0.1, -0.05) is 23.7 Å². The normalized spacial score (nSPS) is 12.7. The molecule has 0 spiro atoms. The standard InChI is InChI=1S/C15H17ClO2/c1-9-10(2)18-11(3)15(9)14(17)8-12-4-6-13(16)7-5-12/h4-7,14,17H,8H2,1-3H3. The highest BCUT2D eigenvalue weighted by Gasteiger charge is 2.19. The molecule has 0 bridgehead atoms. The van der Waals surface area contributed by atoms with Gasteiger partial charge >= 0.3 is 0 Å². The average Bonchev–Trinajstić information content (AvgIpc) is 2.56. The number of rotatable bonds is 3. The molecule has 1 aromatic heterocycles. The molecule has 0 aliphatic rings. The van der Waals surface area contributed by atoms with E-state index in [0.717, 1.165) is 28.2 Å². The predicted molar refractivity (Wildman–Crippen MR) is 73.0 cm³/mol. The van der Waals surface area contributed by atoms with Crippen molar-refractivity contribution in [2.24, 2.45) is 0 Å². The van der Waals surface area contributed by atoms with E-state index in [4.69, 9.17) is 16.0 Å². The van der Waals surface area contributed by atoms with Crippen LogP contribution < -0.4 is 0 Å². The zero-order valence-corrected chi connectivity index (χ0v) is 11.6. The maximum atomic E-state index is 10.3. The smallest absolute Gasteiger partial charge is 0.107 e. The number of aliphatic hydroxyl groups excluding tert-OH is 1. The van der Waals surface area contributed by atoms with Crippen molar-refractivity contribution in [3.8, 4) is 0 Å². The Morgan fingerprint density at radius 1 is 1.11 bits per heavy atom. The summed E-state index contributed by atoms with van der Waals surface area (Å²) in [6, 6.07) is 7.54. The van der Waals surface area contributed by atoms with E-state index in [1.165, 1.54) is 0 Å². The Labute approximate surface area is 112 Å². The molecule has 2 nitrogen and oxygen atoms in total. The van der Waals surface area contributed by atoms with Crippen LogP contribution in [0.1, 0.15) is 34.3 Å². The van der Waals surface area contributed by atoms with Crippen LogP contribution in [-0.4, -0.2) is 5.11 Å². The van der Waals surface area contributed by atoms with E-state index in [2.05, 4.69) is 0 Å². The van der Waals surface area contributed by atoms with E-state index in [-0.39, 0.29) is 0 Å². The predicted octanol–water partition coefficient (Wildman–Crippen LogP) is 4.13. The van der Waals surface area contributed by atoms with Crippen LogP contribution >= 0.6 is 11.6 Å². The van der Waals surface area contributed by atoms with Gasteiger partial charge in [-0.2, -0.15) is 0 Å². The lowest BCUT2D eigenvalue weighted by atomic mass is 9.98. The van der Waals surface area contributed by atoms with Crippen molar-refractivity contribution in [2.75, 3.05) is 0 Å². The third kappa shape index (κ3) is 2.60. The molecule has 2 aromatic rings. The molecule has 0 fully saturated rings. The first kappa shape index (κ1) is 13.2. The van der Waals surface area contributed by atoms with Gasteiger partial charge in [0.25, 0.3) is 0 Å². The summed E-state index contributed by atoms with van der Waals surface area (Å²) in [4.78, 5) is 0. The molecule has 1 unspecified atom stereocenters. The number of benzene rings is 1. The third-order valence-electron chi connectivity index (χ3n) is 3.29. The lowest BCUT2D eigenvalue weighted by Crippen LogP contribution is -2.03. The van der Waals surface area contributed by atoms with Crippen LogP contribution in [0.5, 0.6) is 0 Å². The van der Waals surface area contributed by atoms with E-state index < -0.39 is 6.10 Å². The SMILES string of the molecule is Cc1oc(C)c(C(O)Cc2ccc(Cl)cc2)c1C. The minimum atomic E-state index is -0.538. The van der Waals surface area contributed by atoms with Crippen LogP contribution in [0.25, 0.3) is 0 Å². The molecule has 0 saturated carbocycles. The Morgan fingerprint density at radius 3 is 2.22 bits per heavy atom. The highest BCUT2D eigenvalue weighted by atomic mass is 35.5. The summed E-state index contributed by atoms with van der Waals surface area (Å²) in [5.41, 5.74) is 3.00. The molecule has 0 amide bonds. The van der Waals surface area contributed by atoms with E-state index in [9.17, 15) is 5.11 Å². The molecule has 1 aromatic carbocycles. The summed E-state index contributed by atoms with van der Waals surface area (Å²) in [6.07, 6.45) is 0.0290. The van der Waals surface area contributed by atoms with Gasteiger partial charge < -0.3 is 9.52 Å². The Bertz CT molecular complexity index is 540. The molecule has 0 saturated heterocycles. The highest BCUT2D eigenvalue weighted by Crippen LogP contribution is 2.29. The fourth-order valence-corrected chi connectivity index (χ4v) is 2.37. The summed E-state index contributed by atoms with van der Waals surface area (Å²) in [6.45, 7) is 5.79. The molecule has 0 aliphatic carbocycles. The second kappa shape index (κ2) is 5.17. The number of hydrogen-bond acceptors (Lipinski definition) is 2. The summed E-state index contributed by atoms with van der Waals surface area (Å²) in [7, 11) is 0. The summed E-state index contributed by atoms with van der Waals surface area (Å²) in [5.74, 6) is 1.67. The second-order valence-electron chi connectivity index (χ2n) is 4.60. The summed E-state index contributed by atoms with van der Waals surface area (Å²) >= 11 is 5.84. The van der Waals surface area contributed by atoms with Crippen LogP contribution in [-0.2, 0) is 6.42 Å². The largest absolute Gasteiger partial charge is 0.466 e. The molecule has 0 radical (unpaired) electrons. The van der Waals surface area contributed by atoms with Gasteiger partial charge in [-0.15, -0.1) is 0 Å². The first-order valence-corrected chi connectivity index (χ1v) is 6.36. The zero-order valence-electron chi connectivity index (χ0n) is 10.8. The van der Waals surface area contributed by atoms with Crippen molar-refractivity contribution in [2.45, 2.75) is 33.3 Å². The summed E-state index contributed by atoms with van der Waals surface area (Å²) in [5, 5.41) is 11.0. The van der Waals surface area contributed by atoms with Gasteiger partial charge in [-0.25, -0.2) is 0 Å². The van der Waals surface area contributed by atoms with E-state index in [0.29, 0.717) is 11.4 Å². The van der Waals surface area contributed by atoms with Crippen molar-refractivity contribution in [3.05, 3.63) is 57.5 Å². The van der Waals surface area contributed by atoms with E-state index in [1.807, 2.05) is 45.0 Å². The maximum absolute atomic E-state index is 10.3. The van der Waals surface area contributed by atoms with Crippen LogP contribution in [0.15, 0.2) is 28.7 Å². The van der Waals surface area contributed by atoms with Gasteiger partial charge in [-0.3, -0.25) is 0 Å². The van der Waals surface area contributed by atoms with Gasteiger partial charge in [-0.05, 0) is 44.0 Å². The van der Waals surface area contributed by atoms with Crippen LogP contribution in [0, 0.1) is 20.8 Å². The number of furan rings is 1. The summed E-state index contributed by atoms with van der Waals surface area (Å²) < 4.78 is 5.54. The minimum absolute atomic E-state index is 0.538. The minimum Gasteiger partial charge on any atom is -0.466 e. The van der Waals surface area contributed by atoms with Gasteiger partial charge in [0.15, 0.2) is 0 Å². The van der Waals surface area contributed by atoms with Crippen LogP contribution in [0.2, 0.25) is 5.02 Å². The van der Waals surface area contributed by atoms with Gasteiger partial charge in [0, 0.05) is 17.0 Å². The fourth-order valence-electron chi connectivity index (χ4n) is 2.25. The molecule has 96 valence electrons. The number of aryl methyl sites for hydroxylation is 2. The van der Waals surface area contributed by atoms with Crippen molar-refractivity contribution in [3.63, 3.8) is 0 Å². The fraction of sp³-hybridized carbons (Fsp3) is 0.333. The molecule has 1 N–H and O–H groups in total. The van der Waals surface area contributed by atoms with Gasteiger partial charge in [0.1, 0.15) is 11.5 Å². The third-order valence-corrected chi connectivity index (χ3v) is 3.55. The number of hydrogen-bond donors (Lipinski definition) is 1. The molecule has 3 heteroatoms. The molecular formula is C15H17ClO2. The van der Waals surface area contributed by atoms with Crippen LogP contribution in [0.4, 0.5) is 0 Å².